The minimum Gasteiger partial charge on any atom is -0.317 e. The summed E-state index contributed by atoms with van der Waals surface area (Å²) in [5.41, 5.74) is -0.519. The normalized spacial score (nSPS) is 36.8. The van der Waals surface area contributed by atoms with Gasteiger partial charge in [0.1, 0.15) is 0 Å². The summed E-state index contributed by atoms with van der Waals surface area (Å²) in [6.07, 6.45) is 4.52. The fourth-order valence-electron chi connectivity index (χ4n) is 3.67. The molecule has 1 aliphatic heterocycles. The van der Waals surface area contributed by atoms with Gasteiger partial charge in [-0.2, -0.15) is 0 Å². The Morgan fingerprint density at radius 2 is 1.67 bits per heavy atom. The number of piperidine rings is 1. The van der Waals surface area contributed by atoms with Crippen LogP contribution in [-0.4, -0.2) is 19.0 Å². The lowest BCUT2D eigenvalue weighted by atomic mass is 9.75. The summed E-state index contributed by atoms with van der Waals surface area (Å²) >= 11 is 0. The van der Waals surface area contributed by atoms with E-state index in [-0.39, 0.29) is 18.3 Å². The lowest BCUT2D eigenvalue weighted by Gasteiger charge is -2.29. The number of hydrogen-bond donors (Lipinski definition) is 1. The van der Waals surface area contributed by atoms with Gasteiger partial charge in [-0.25, -0.2) is 8.78 Å². The molecule has 1 N–H and O–H groups in total. The van der Waals surface area contributed by atoms with Crippen molar-refractivity contribution in [1.29, 1.82) is 0 Å². The summed E-state index contributed by atoms with van der Waals surface area (Å²) in [5, 5.41) is 3.24. The molecule has 0 bridgehead atoms. The van der Waals surface area contributed by atoms with Crippen molar-refractivity contribution in [3.8, 4) is 0 Å². The third-order valence-electron chi connectivity index (χ3n) is 4.67. The second-order valence-electron chi connectivity index (χ2n) is 5.20. The SMILES string of the molecule is Cl.FC1(F)C(C2CCNCC2)C12CCC2. The highest BCUT2D eigenvalue weighted by atomic mass is 35.5. The van der Waals surface area contributed by atoms with E-state index in [0.717, 1.165) is 45.2 Å². The molecule has 0 radical (unpaired) electrons. The lowest BCUT2D eigenvalue weighted by molar-refractivity contribution is 0.0257. The summed E-state index contributed by atoms with van der Waals surface area (Å²) in [5.74, 6) is -2.27. The standard InChI is InChI=1S/C11H17F2N.ClH/c12-11(13)9(10(11)4-1-5-10)8-2-6-14-7-3-8;/h8-9,14H,1-7H2;1H. The molecule has 0 aromatic rings. The van der Waals surface area contributed by atoms with Crippen LogP contribution < -0.4 is 5.32 Å². The molecule has 3 fully saturated rings. The Labute approximate surface area is 95.4 Å². The van der Waals surface area contributed by atoms with Crippen molar-refractivity contribution in [3.63, 3.8) is 0 Å². The zero-order valence-electron chi connectivity index (χ0n) is 8.77. The molecule has 1 heterocycles. The van der Waals surface area contributed by atoms with Gasteiger partial charge in [0.05, 0.1) is 0 Å². The maximum atomic E-state index is 13.7. The quantitative estimate of drug-likeness (QED) is 0.740. The predicted molar refractivity (Wildman–Crippen MR) is 57.6 cm³/mol. The molecule has 0 amide bonds. The highest BCUT2D eigenvalue weighted by Crippen LogP contribution is 2.78. The smallest absolute Gasteiger partial charge is 0.257 e. The number of alkyl halides is 2. The summed E-state index contributed by atoms with van der Waals surface area (Å²) in [6, 6.07) is 0. The van der Waals surface area contributed by atoms with Gasteiger partial charge in [0.25, 0.3) is 5.92 Å². The lowest BCUT2D eigenvalue weighted by Crippen LogP contribution is -2.30. The van der Waals surface area contributed by atoms with E-state index in [1.807, 2.05) is 0 Å². The van der Waals surface area contributed by atoms with Crippen LogP contribution in [0.4, 0.5) is 8.78 Å². The van der Waals surface area contributed by atoms with Crippen LogP contribution in [-0.2, 0) is 0 Å². The third-order valence-corrected chi connectivity index (χ3v) is 4.67. The Morgan fingerprint density at radius 3 is 2.07 bits per heavy atom. The van der Waals surface area contributed by atoms with E-state index in [1.54, 1.807) is 0 Å². The van der Waals surface area contributed by atoms with Crippen LogP contribution in [0.2, 0.25) is 0 Å². The van der Waals surface area contributed by atoms with Crippen LogP contribution in [0.15, 0.2) is 0 Å². The van der Waals surface area contributed by atoms with Gasteiger partial charge in [-0.15, -0.1) is 12.4 Å². The van der Waals surface area contributed by atoms with E-state index in [0.29, 0.717) is 5.92 Å². The van der Waals surface area contributed by atoms with Crippen LogP contribution in [0, 0.1) is 17.3 Å². The molecule has 1 atom stereocenters. The van der Waals surface area contributed by atoms with E-state index in [9.17, 15) is 8.78 Å². The highest BCUT2D eigenvalue weighted by Gasteiger charge is 2.82. The molecule has 3 rings (SSSR count). The van der Waals surface area contributed by atoms with Crippen LogP contribution in [0.5, 0.6) is 0 Å². The third kappa shape index (κ3) is 1.35. The molecule has 2 aliphatic carbocycles. The summed E-state index contributed by atoms with van der Waals surface area (Å²) in [4.78, 5) is 0. The van der Waals surface area contributed by atoms with Gasteiger partial charge < -0.3 is 5.32 Å². The van der Waals surface area contributed by atoms with Crippen molar-refractivity contribution in [2.45, 2.75) is 38.0 Å². The number of hydrogen-bond acceptors (Lipinski definition) is 1. The van der Waals surface area contributed by atoms with Crippen molar-refractivity contribution in [2.75, 3.05) is 13.1 Å². The topological polar surface area (TPSA) is 12.0 Å². The van der Waals surface area contributed by atoms with E-state index in [2.05, 4.69) is 5.32 Å². The molecule has 0 aromatic carbocycles. The van der Waals surface area contributed by atoms with Crippen LogP contribution in [0.1, 0.15) is 32.1 Å². The van der Waals surface area contributed by atoms with Gasteiger partial charge in [0, 0.05) is 11.3 Å². The van der Waals surface area contributed by atoms with Crippen LogP contribution in [0.25, 0.3) is 0 Å². The maximum Gasteiger partial charge on any atom is 0.257 e. The molecule has 15 heavy (non-hydrogen) atoms. The van der Waals surface area contributed by atoms with E-state index in [4.69, 9.17) is 0 Å². The van der Waals surface area contributed by atoms with E-state index in [1.165, 1.54) is 0 Å². The van der Waals surface area contributed by atoms with Gasteiger partial charge in [-0.3, -0.25) is 0 Å². The Kier molecular flexibility index (Phi) is 2.75. The second kappa shape index (κ2) is 3.56. The minimum atomic E-state index is -2.31. The fourth-order valence-corrected chi connectivity index (χ4v) is 3.67. The molecule has 2 saturated carbocycles. The minimum absolute atomic E-state index is 0. The molecule has 0 aromatic heterocycles. The van der Waals surface area contributed by atoms with Crippen molar-refractivity contribution in [1.82, 2.24) is 5.32 Å². The predicted octanol–water partition coefficient (Wildman–Crippen LogP) is 2.84. The van der Waals surface area contributed by atoms with Crippen LogP contribution >= 0.6 is 12.4 Å². The van der Waals surface area contributed by atoms with Crippen molar-refractivity contribution in [3.05, 3.63) is 0 Å². The van der Waals surface area contributed by atoms with Gasteiger partial charge in [-0.1, -0.05) is 6.42 Å². The Bertz CT molecular complexity index is 247. The Hall–Kier alpha value is 0.110. The molecule has 88 valence electrons. The van der Waals surface area contributed by atoms with Crippen molar-refractivity contribution in [2.24, 2.45) is 17.3 Å². The zero-order chi connectivity index (χ0) is 9.81. The average molecular weight is 238 g/mol. The molecule has 3 aliphatic rings. The van der Waals surface area contributed by atoms with Gasteiger partial charge in [-0.05, 0) is 44.7 Å². The number of rotatable bonds is 1. The Balaban J connectivity index is 0.000000853. The Morgan fingerprint density at radius 1 is 1.07 bits per heavy atom. The monoisotopic (exact) mass is 237 g/mol. The average Bonchev–Trinajstić information content (AvgIpc) is 2.64. The summed E-state index contributed by atoms with van der Waals surface area (Å²) in [6.45, 7) is 1.88. The molecular formula is C11H18ClF2N. The van der Waals surface area contributed by atoms with E-state index < -0.39 is 11.3 Å². The molecule has 1 saturated heterocycles. The number of halogens is 3. The first kappa shape index (κ1) is 11.6. The molecule has 1 spiro atoms. The molecule has 1 nitrogen and oxygen atoms in total. The van der Waals surface area contributed by atoms with Gasteiger partial charge in [0.2, 0.25) is 0 Å². The first-order valence-corrected chi connectivity index (χ1v) is 5.77. The van der Waals surface area contributed by atoms with E-state index >= 15 is 0 Å². The number of nitrogens with one attached hydrogen (secondary N) is 1. The first-order chi connectivity index (χ1) is 6.68. The summed E-state index contributed by atoms with van der Waals surface area (Å²) < 4.78 is 27.3. The maximum absolute atomic E-state index is 13.7. The molecular weight excluding hydrogens is 220 g/mol. The first-order valence-electron chi connectivity index (χ1n) is 5.77. The largest absolute Gasteiger partial charge is 0.317 e. The molecule has 4 heteroatoms. The van der Waals surface area contributed by atoms with Crippen molar-refractivity contribution >= 4 is 12.4 Å². The van der Waals surface area contributed by atoms with Gasteiger partial charge >= 0.3 is 0 Å². The summed E-state index contributed by atoms with van der Waals surface area (Å²) in [7, 11) is 0. The zero-order valence-corrected chi connectivity index (χ0v) is 9.59. The highest BCUT2D eigenvalue weighted by molar-refractivity contribution is 5.85. The van der Waals surface area contributed by atoms with Crippen LogP contribution in [0.3, 0.4) is 0 Å². The second-order valence-corrected chi connectivity index (χ2v) is 5.20. The molecule has 1 unspecified atom stereocenters. The van der Waals surface area contributed by atoms with Crippen molar-refractivity contribution < 1.29 is 8.78 Å². The fraction of sp³-hybridized carbons (Fsp3) is 1.00. The van der Waals surface area contributed by atoms with Gasteiger partial charge in [0.15, 0.2) is 0 Å².